The number of thiophene rings is 1. The van der Waals surface area contributed by atoms with Gasteiger partial charge in [0.25, 0.3) is 0 Å². The third kappa shape index (κ3) is 1.24. The van der Waals surface area contributed by atoms with Gasteiger partial charge in [-0.2, -0.15) is 0 Å². The standard InChI is InChI=1S/C12H8N2S/c13-7-8-3-4-9-11(6-8)15-10-2-1-5-14-12(9)10/h1-7,13H. The van der Waals surface area contributed by atoms with E-state index in [4.69, 9.17) is 5.41 Å². The molecule has 1 N–H and O–H groups in total. The molecule has 0 aliphatic heterocycles. The summed E-state index contributed by atoms with van der Waals surface area (Å²) in [6.07, 6.45) is 3.19. The van der Waals surface area contributed by atoms with Crippen LogP contribution in [-0.4, -0.2) is 11.2 Å². The summed E-state index contributed by atoms with van der Waals surface area (Å²) >= 11 is 1.73. The minimum Gasteiger partial charge on any atom is -0.308 e. The predicted molar refractivity (Wildman–Crippen MR) is 65.0 cm³/mol. The zero-order valence-electron chi connectivity index (χ0n) is 7.90. The fourth-order valence-electron chi connectivity index (χ4n) is 1.70. The van der Waals surface area contributed by atoms with E-state index in [1.165, 1.54) is 21.0 Å². The van der Waals surface area contributed by atoms with E-state index in [1.54, 1.807) is 11.3 Å². The molecule has 0 saturated carbocycles. The van der Waals surface area contributed by atoms with Crippen molar-refractivity contribution in [1.82, 2.24) is 4.98 Å². The van der Waals surface area contributed by atoms with Gasteiger partial charge in [-0.15, -0.1) is 11.3 Å². The first kappa shape index (κ1) is 8.56. The molecule has 72 valence electrons. The van der Waals surface area contributed by atoms with Crippen LogP contribution in [0.3, 0.4) is 0 Å². The van der Waals surface area contributed by atoms with Crippen molar-refractivity contribution in [1.29, 1.82) is 5.41 Å². The Morgan fingerprint density at radius 2 is 2.13 bits per heavy atom. The molecule has 2 nitrogen and oxygen atoms in total. The molecule has 1 aromatic carbocycles. The molecule has 0 aliphatic rings. The van der Waals surface area contributed by atoms with Gasteiger partial charge in [0.05, 0.1) is 10.2 Å². The Kier molecular flexibility index (Phi) is 1.79. The number of aromatic nitrogens is 1. The SMILES string of the molecule is N=Cc1ccc2c(c1)sc1cccnc12. The van der Waals surface area contributed by atoms with Gasteiger partial charge in [0.1, 0.15) is 0 Å². The monoisotopic (exact) mass is 212 g/mol. The Bertz CT molecular complexity index is 655. The molecule has 0 bridgehead atoms. The highest BCUT2D eigenvalue weighted by molar-refractivity contribution is 7.25. The number of rotatable bonds is 1. The van der Waals surface area contributed by atoms with Crippen molar-refractivity contribution >= 4 is 37.9 Å². The maximum Gasteiger partial charge on any atom is 0.0888 e. The number of benzene rings is 1. The van der Waals surface area contributed by atoms with Gasteiger partial charge in [-0.3, -0.25) is 4.98 Å². The highest BCUT2D eigenvalue weighted by atomic mass is 32.1. The number of nitrogens with zero attached hydrogens (tertiary/aromatic N) is 1. The van der Waals surface area contributed by atoms with Crippen molar-refractivity contribution in [3.63, 3.8) is 0 Å². The largest absolute Gasteiger partial charge is 0.308 e. The lowest BCUT2D eigenvalue weighted by atomic mass is 10.2. The zero-order chi connectivity index (χ0) is 10.3. The van der Waals surface area contributed by atoms with Gasteiger partial charge in [0.2, 0.25) is 0 Å². The predicted octanol–water partition coefficient (Wildman–Crippen LogP) is 3.45. The minimum absolute atomic E-state index is 0.939. The Labute approximate surface area is 90.7 Å². The molecule has 0 amide bonds. The first-order valence-corrected chi connectivity index (χ1v) is 5.48. The van der Waals surface area contributed by atoms with E-state index in [-0.39, 0.29) is 0 Å². The Hall–Kier alpha value is -1.74. The van der Waals surface area contributed by atoms with E-state index in [1.807, 2.05) is 30.5 Å². The first-order chi connectivity index (χ1) is 7.38. The fraction of sp³-hybridized carbons (Fsp3) is 0. The highest BCUT2D eigenvalue weighted by Gasteiger charge is 2.04. The van der Waals surface area contributed by atoms with Gasteiger partial charge in [-0.05, 0) is 23.8 Å². The highest BCUT2D eigenvalue weighted by Crippen LogP contribution is 2.32. The molecule has 0 fully saturated rings. The summed E-state index contributed by atoms with van der Waals surface area (Å²) in [5, 5.41) is 8.40. The van der Waals surface area contributed by atoms with E-state index in [0.717, 1.165) is 11.1 Å². The molecular formula is C12H8N2S. The van der Waals surface area contributed by atoms with Gasteiger partial charge < -0.3 is 5.41 Å². The average Bonchev–Trinajstić information content (AvgIpc) is 2.66. The van der Waals surface area contributed by atoms with Crippen LogP contribution in [0.25, 0.3) is 20.3 Å². The quantitative estimate of drug-likeness (QED) is 0.616. The molecular weight excluding hydrogens is 204 g/mol. The van der Waals surface area contributed by atoms with E-state index in [2.05, 4.69) is 11.1 Å². The number of hydrogen-bond donors (Lipinski definition) is 1. The summed E-state index contributed by atoms with van der Waals surface area (Å²) in [5.74, 6) is 0. The van der Waals surface area contributed by atoms with Gasteiger partial charge >= 0.3 is 0 Å². The van der Waals surface area contributed by atoms with Crippen molar-refractivity contribution in [2.24, 2.45) is 0 Å². The second-order valence-corrected chi connectivity index (χ2v) is 4.44. The second kappa shape index (κ2) is 3.14. The zero-order valence-corrected chi connectivity index (χ0v) is 8.71. The second-order valence-electron chi connectivity index (χ2n) is 3.35. The molecule has 0 radical (unpaired) electrons. The number of nitrogens with one attached hydrogen (secondary N) is 1. The third-order valence-electron chi connectivity index (χ3n) is 2.42. The Morgan fingerprint density at radius 3 is 3.00 bits per heavy atom. The normalized spacial score (nSPS) is 10.9. The maximum atomic E-state index is 7.22. The first-order valence-electron chi connectivity index (χ1n) is 4.66. The molecule has 3 heteroatoms. The Balaban J connectivity index is 2.48. The lowest BCUT2D eigenvalue weighted by Gasteiger charge is -1.92. The van der Waals surface area contributed by atoms with Crippen LogP contribution in [0.2, 0.25) is 0 Å². The van der Waals surface area contributed by atoms with E-state index in [9.17, 15) is 0 Å². The lowest BCUT2D eigenvalue weighted by Crippen LogP contribution is -1.77. The van der Waals surface area contributed by atoms with Crippen molar-refractivity contribution in [2.45, 2.75) is 0 Å². The molecule has 3 aromatic rings. The van der Waals surface area contributed by atoms with Crippen LogP contribution in [0.5, 0.6) is 0 Å². The third-order valence-corrected chi connectivity index (χ3v) is 3.53. The van der Waals surface area contributed by atoms with Crippen LogP contribution in [0.1, 0.15) is 5.56 Å². The molecule has 0 saturated heterocycles. The van der Waals surface area contributed by atoms with Gasteiger partial charge in [-0.1, -0.05) is 12.1 Å². The number of hydrogen-bond acceptors (Lipinski definition) is 3. The van der Waals surface area contributed by atoms with Crippen LogP contribution >= 0.6 is 11.3 Å². The maximum absolute atomic E-state index is 7.22. The van der Waals surface area contributed by atoms with Gasteiger partial charge in [0.15, 0.2) is 0 Å². The molecule has 0 atom stereocenters. The molecule has 2 heterocycles. The molecule has 3 rings (SSSR count). The van der Waals surface area contributed by atoms with Crippen molar-refractivity contribution < 1.29 is 0 Å². The number of fused-ring (bicyclic) bond motifs is 3. The molecule has 0 unspecified atom stereocenters. The summed E-state index contributed by atoms with van der Waals surface area (Å²) in [5.41, 5.74) is 2.00. The van der Waals surface area contributed by atoms with E-state index in [0.29, 0.717) is 0 Å². The van der Waals surface area contributed by atoms with Crippen LogP contribution in [0, 0.1) is 5.41 Å². The van der Waals surface area contributed by atoms with Gasteiger partial charge in [0, 0.05) is 22.5 Å². The summed E-state index contributed by atoms with van der Waals surface area (Å²) in [7, 11) is 0. The smallest absolute Gasteiger partial charge is 0.0888 e. The van der Waals surface area contributed by atoms with Crippen molar-refractivity contribution in [2.75, 3.05) is 0 Å². The Morgan fingerprint density at radius 1 is 1.20 bits per heavy atom. The average molecular weight is 212 g/mol. The van der Waals surface area contributed by atoms with Crippen LogP contribution in [-0.2, 0) is 0 Å². The van der Waals surface area contributed by atoms with E-state index < -0.39 is 0 Å². The van der Waals surface area contributed by atoms with Crippen LogP contribution < -0.4 is 0 Å². The van der Waals surface area contributed by atoms with Crippen molar-refractivity contribution in [3.05, 3.63) is 42.1 Å². The van der Waals surface area contributed by atoms with Crippen molar-refractivity contribution in [3.8, 4) is 0 Å². The molecule has 0 spiro atoms. The molecule has 0 aliphatic carbocycles. The summed E-state index contributed by atoms with van der Waals surface area (Å²) < 4.78 is 2.40. The van der Waals surface area contributed by atoms with Crippen LogP contribution in [0.15, 0.2) is 36.5 Å². The lowest BCUT2D eigenvalue weighted by molar-refractivity contribution is 1.44. The van der Waals surface area contributed by atoms with Gasteiger partial charge in [-0.25, -0.2) is 0 Å². The number of pyridine rings is 1. The summed E-state index contributed by atoms with van der Waals surface area (Å²) in [4.78, 5) is 4.38. The minimum atomic E-state index is 0.939. The molecule has 15 heavy (non-hydrogen) atoms. The van der Waals surface area contributed by atoms with E-state index >= 15 is 0 Å². The molecule has 2 aromatic heterocycles. The summed E-state index contributed by atoms with van der Waals surface area (Å²) in [6.45, 7) is 0. The summed E-state index contributed by atoms with van der Waals surface area (Å²) in [6, 6.07) is 10.1. The topological polar surface area (TPSA) is 36.7 Å². The van der Waals surface area contributed by atoms with Crippen LogP contribution in [0.4, 0.5) is 0 Å². The fourth-order valence-corrected chi connectivity index (χ4v) is 2.81.